The molecule has 0 fully saturated rings. The summed E-state index contributed by atoms with van der Waals surface area (Å²) in [6, 6.07) is 15.4. The van der Waals surface area contributed by atoms with E-state index >= 15 is 0 Å². The molecule has 5 heteroatoms. The molecule has 0 bridgehead atoms. The van der Waals surface area contributed by atoms with Gasteiger partial charge in [0.1, 0.15) is 4.88 Å². The molecule has 1 amide bonds. The zero-order valence-corrected chi connectivity index (χ0v) is 13.9. The number of rotatable bonds is 2. The van der Waals surface area contributed by atoms with Crippen LogP contribution in [0.4, 0.5) is 5.69 Å². The van der Waals surface area contributed by atoms with Gasteiger partial charge in [0.2, 0.25) is 0 Å². The Kier molecular flexibility index (Phi) is 3.96. The van der Waals surface area contributed by atoms with Crippen LogP contribution in [0.25, 0.3) is 10.1 Å². The van der Waals surface area contributed by atoms with Crippen molar-refractivity contribution >= 4 is 67.2 Å². The molecule has 0 aliphatic rings. The number of nitrogens with one attached hydrogen (secondary N) is 1. The van der Waals surface area contributed by atoms with Gasteiger partial charge in [0.25, 0.3) is 5.91 Å². The SMILES string of the molecule is O=C(Nc1ccc(I)cc1)c1sc2ccccc2c1Cl. The van der Waals surface area contributed by atoms with Gasteiger partial charge in [-0.3, -0.25) is 4.79 Å². The number of amides is 1. The first-order valence-electron chi connectivity index (χ1n) is 5.89. The van der Waals surface area contributed by atoms with Crippen molar-refractivity contribution in [2.45, 2.75) is 0 Å². The maximum absolute atomic E-state index is 12.3. The van der Waals surface area contributed by atoms with Crippen LogP contribution in [0.15, 0.2) is 48.5 Å². The van der Waals surface area contributed by atoms with E-state index in [2.05, 4.69) is 27.9 Å². The first-order chi connectivity index (χ1) is 9.65. The number of thiophene rings is 1. The van der Waals surface area contributed by atoms with E-state index in [1.165, 1.54) is 11.3 Å². The minimum atomic E-state index is -0.169. The second-order valence-electron chi connectivity index (χ2n) is 4.20. The largest absolute Gasteiger partial charge is 0.321 e. The number of hydrogen-bond acceptors (Lipinski definition) is 2. The lowest BCUT2D eigenvalue weighted by molar-refractivity contribution is 0.103. The maximum atomic E-state index is 12.3. The zero-order chi connectivity index (χ0) is 14.1. The predicted molar refractivity (Wildman–Crippen MR) is 93.9 cm³/mol. The van der Waals surface area contributed by atoms with E-state index in [0.717, 1.165) is 19.3 Å². The second kappa shape index (κ2) is 5.71. The normalized spacial score (nSPS) is 10.7. The van der Waals surface area contributed by atoms with Crippen molar-refractivity contribution in [3.8, 4) is 0 Å². The summed E-state index contributed by atoms with van der Waals surface area (Å²) in [4.78, 5) is 12.9. The quantitative estimate of drug-likeness (QED) is 0.559. The third kappa shape index (κ3) is 2.68. The molecule has 0 saturated heterocycles. The van der Waals surface area contributed by atoms with Gasteiger partial charge in [0.15, 0.2) is 0 Å². The topological polar surface area (TPSA) is 29.1 Å². The lowest BCUT2D eigenvalue weighted by Gasteiger charge is -2.03. The first kappa shape index (κ1) is 13.9. The molecule has 0 unspecified atom stereocenters. The summed E-state index contributed by atoms with van der Waals surface area (Å²) in [6.07, 6.45) is 0. The summed E-state index contributed by atoms with van der Waals surface area (Å²) in [5.74, 6) is -0.169. The second-order valence-corrected chi connectivity index (χ2v) is 6.88. The number of hydrogen-bond donors (Lipinski definition) is 1. The van der Waals surface area contributed by atoms with Gasteiger partial charge in [-0.05, 0) is 52.9 Å². The third-order valence-corrected chi connectivity index (χ3v) is 5.24. The number of halogens is 2. The maximum Gasteiger partial charge on any atom is 0.267 e. The van der Waals surface area contributed by atoms with E-state index in [4.69, 9.17) is 11.6 Å². The van der Waals surface area contributed by atoms with Gasteiger partial charge in [0.05, 0.1) is 5.02 Å². The summed E-state index contributed by atoms with van der Waals surface area (Å²) in [7, 11) is 0. The van der Waals surface area contributed by atoms with Gasteiger partial charge in [-0.15, -0.1) is 11.3 Å². The van der Waals surface area contributed by atoms with Gasteiger partial charge in [0, 0.05) is 19.3 Å². The highest BCUT2D eigenvalue weighted by atomic mass is 127. The Balaban J connectivity index is 1.92. The van der Waals surface area contributed by atoms with Crippen molar-refractivity contribution in [3.05, 3.63) is 62.0 Å². The van der Waals surface area contributed by atoms with Crippen LogP contribution in [-0.4, -0.2) is 5.91 Å². The number of fused-ring (bicyclic) bond motifs is 1. The first-order valence-corrected chi connectivity index (χ1v) is 8.16. The summed E-state index contributed by atoms with van der Waals surface area (Å²) >= 11 is 9.93. The lowest BCUT2D eigenvalue weighted by atomic mass is 10.2. The molecule has 100 valence electrons. The molecule has 0 radical (unpaired) electrons. The van der Waals surface area contributed by atoms with Crippen molar-refractivity contribution in [1.82, 2.24) is 0 Å². The molecule has 0 aliphatic carbocycles. The van der Waals surface area contributed by atoms with E-state index in [9.17, 15) is 4.79 Å². The van der Waals surface area contributed by atoms with Gasteiger partial charge in [-0.1, -0.05) is 29.8 Å². The van der Waals surface area contributed by atoms with E-state index in [1.54, 1.807) is 0 Å². The fraction of sp³-hybridized carbons (Fsp3) is 0. The molecular weight excluding hydrogens is 405 g/mol. The fourth-order valence-corrected chi connectivity index (χ4v) is 3.65. The Bertz CT molecular complexity index is 782. The molecule has 0 aliphatic heterocycles. The highest BCUT2D eigenvalue weighted by Gasteiger charge is 2.16. The molecular formula is C15H9ClINOS. The molecule has 3 aromatic rings. The van der Waals surface area contributed by atoms with Crippen molar-refractivity contribution in [2.24, 2.45) is 0 Å². The van der Waals surface area contributed by atoms with Gasteiger partial charge >= 0.3 is 0 Å². The standard InChI is InChI=1S/C15H9ClINOS/c16-13-11-3-1-2-4-12(11)20-14(13)15(19)18-10-7-5-9(17)6-8-10/h1-8H,(H,18,19). The van der Waals surface area contributed by atoms with Crippen LogP contribution in [0.2, 0.25) is 5.02 Å². The number of carbonyl (C=O) groups excluding carboxylic acids is 1. The summed E-state index contributed by atoms with van der Waals surface area (Å²) in [5.41, 5.74) is 0.768. The molecule has 20 heavy (non-hydrogen) atoms. The molecule has 0 saturated carbocycles. The van der Waals surface area contributed by atoms with E-state index in [-0.39, 0.29) is 5.91 Å². The molecule has 1 aromatic heterocycles. The molecule has 2 nitrogen and oxygen atoms in total. The number of benzene rings is 2. The Morgan fingerprint density at radius 1 is 1.10 bits per heavy atom. The number of anilines is 1. The van der Waals surface area contributed by atoms with Crippen molar-refractivity contribution in [3.63, 3.8) is 0 Å². The van der Waals surface area contributed by atoms with E-state index in [1.807, 2.05) is 48.5 Å². The van der Waals surface area contributed by atoms with Crippen LogP contribution in [0.1, 0.15) is 9.67 Å². The van der Waals surface area contributed by atoms with Crippen molar-refractivity contribution < 1.29 is 4.79 Å². The monoisotopic (exact) mass is 413 g/mol. The predicted octanol–water partition coefficient (Wildman–Crippen LogP) is 5.41. The van der Waals surface area contributed by atoms with Gasteiger partial charge in [-0.2, -0.15) is 0 Å². The van der Waals surface area contributed by atoms with E-state index < -0.39 is 0 Å². The number of carbonyl (C=O) groups is 1. The highest BCUT2D eigenvalue weighted by Crippen LogP contribution is 2.35. The van der Waals surface area contributed by atoms with Crippen LogP contribution in [0, 0.1) is 3.57 Å². The summed E-state index contributed by atoms with van der Waals surface area (Å²) < 4.78 is 2.14. The van der Waals surface area contributed by atoms with E-state index in [0.29, 0.717) is 9.90 Å². The average molecular weight is 414 g/mol. The molecule has 3 rings (SSSR count). The molecule has 2 aromatic carbocycles. The smallest absolute Gasteiger partial charge is 0.267 e. The van der Waals surface area contributed by atoms with Crippen LogP contribution in [0.3, 0.4) is 0 Å². The van der Waals surface area contributed by atoms with Crippen molar-refractivity contribution in [1.29, 1.82) is 0 Å². The lowest BCUT2D eigenvalue weighted by Crippen LogP contribution is -2.10. The fourth-order valence-electron chi connectivity index (χ4n) is 1.88. The Morgan fingerprint density at radius 3 is 2.50 bits per heavy atom. The summed E-state index contributed by atoms with van der Waals surface area (Å²) in [6.45, 7) is 0. The summed E-state index contributed by atoms with van der Waals surface area (Å²) in [5, 5.41) is 4.32. The zero-order valence-electron chi connectivity index (χ0n) is 10.2. The third-order valence-electron chi connectivity index (χ3n) is 2.84. The van der Waals surface area contributed by atoms with Gasteiger partial charge in [-0.25, -0.2) is 0 Å². The van der Waals surface area contributed by atoms with Crippen LogP contribution < -0.4 is 5.32 Å². The molecule has 1 N–H and O–H groups in total. The molecule has 0 atom stereocenters. The minimum Gasteiger partial charge on any atom is -0.321 e. The van der Waals surface area contributed by atoms with Crippen LogP contribution >= 0.6 is 45.5 Å². The Hall–Kier alpha value is -1.11. The highest BCUT2D eigenvalue weighted by molar-refractivity contribution is 14.1. The minimum absolute atomic E-state index is 0.169. The molecule has 0 spiro atoms. The van der Waals surface area contributed by atoms with Crippen LogP contribution in [0.5, 0.6) is 0 Å². The Labute approximate surface area is 138 Å². The van der Waals surface area contributed by atoms with Gasteiger partial charge < -0.3 is 5.32 Å². The average Bonchev–Trinajstić information content (AvgIpc) is 2.79. The Morgan fingerprint density at radius 2 is 1.80 bits per heavy atom. The van der Waals surface area contributed by atoms with Crippen LogP contribution in [-0.2, 0) is 0 Å². The molecule has 1 heterocycles. The van der Waals surface area contributed by atoms with Crippen molar-refractivity contribution in [2.75, 3.05) is 5.32 Å².